The van der Waals surface area contributed by atoms with E-state index in [1.165, 1.54) is 12.3 Å². The molecule has 0 aliphatic rings. The van der Waals surface area contributed by atoms with E-state index >= 15 is 0 Å². The maximum absolute atomic E-state index is 12.9. The van der Waals surface area contributed by atoms with Crippen LogP contribution in [0.25, 0.3) is 0 Å². The Labute approximate surface area is 159 Å². The lowest BCUT2D eigenvalue weighted by Crippen LogP contribution is -2.52. The lowest BCUT2D eigenvalue weighted by Gasteiger charge is -2.29. The number of rotatable bonds is 10. The number of carbonyl (C=O) groups is 3. The molecule has 1 rings (SSSR count). The molecule has 0 aromatic carbocycles. The van der Waals surface area contributed by atoms with Crippen LogP contribution in [0.2, 0.25) is 0 Å². The van der Waals surface area contributed by atoms with E-state index in [0.29, 0.717) is 19.1 Å². The summed E-state index contributed by atoms with van der Waals surface area (Å²) in [4.78, 5) is 46.1. The third kappa shape index (κ3) is 7.14. The molecular weight excluding hydrogens is 348 g/mol. The summed E-state index contributed by atoms with van der Waals surface area (Å²) >= 11 is 0. The fourth-order valence-corrected chi connectivity index (χ4v) is 2.58. The molecule has 0 saturated carbocycles. The predicted octanol–water partition coefficient (Wildman–Crippen LogP) is 0.0449. The summed E-state index contributed by atoms with van der Waals surface area (Å²) in [6.45, 7) is 4.12. The number of nitrogens with zero attached hydrogens (tertiary/aromatic N) is 3. The molecule has 6 N–H and O–H groups in total. The Morgan fingerprint density at radius 2 is 2.00 bits per heavy atom. The number of hydrogen-bond acceptors (Lipinski definition) is 6. The van der Waals surface area contributed by atoms with Gasteiger partial charge in [0.15, 0.2) is 5.96 Å². The molecule has 0 aliphatic carbocycles. The van der Waals surface area contributed by atoms with Gasteiger partial charge < -0.3 is 22.0 Å². The van der Waals surface area contributed by atoms with Gasteiger partial charge in [-0.05, 0) is 37.3 Å². The maximum atomic E-state index is 12.9. The van der Waals surface area contributed by atoms with Gasteiger partial charge in [-0.1, -0.05) is 19.9 Å². The zero-order valence-electron chi connectivity index (χ0n) is 15.7. The quantitative estimate of drug-likeness (QED) is 0.225. The molecule has 1 aromatic heterocycles. The van der Waals surface area contributed by atoms with Crippen LogP contribution >= 0.6 is 0 Å². The maximum Gasteiger partial charge on any atom is 0.279 e. The lowest BCUT2D eigenvalue weighted by molar-refractivity contribution is -0.135. The van der Waals surface area contributed by atoms with E-state index < -0.39 is 23.9 Å². The molecule has 1 aromatic rings. The molecule has 1 heterocycles. The van der Waals surface area contributed by atoms with Gasteiger partial charge >= 0.3 is 0 Å². The van der Waals surface area contributed by atoms with Crippen molar-refractivity contribution in [2.24, 2.45) is 28.1 Å². The highest BCUT2D eigenvalue weighted by Gasteiger charge is 2.34. The van der Waals surface area contributed by atoms with Crippen molar-refractivity contribution in [3.8, 4) is 0 Å². The summed E-state index contributed by atoms with van der Waals surface area (Å²) in [5.41, 5.74) is 16.6. The molecule has 0 saturated heterocycles. The number of nitrogens with two attached hydrogens (primary N) is 3. The topological polar surface area (TPSA) is 158 Å². The van der Waals surface area contributed by atoms with Gasteiger partial charge in [0.25, 0.3) is 5.91 Å². The van der Waals surface area contributed by atoms with Crippen molar-refractivity contribution in [1.82, 2.24) is 9.88 Å². The van der Waals surface area contributed by atoms with Crippen LogP contribution in [0.5, 0.6) is 0 Å². The normalized spacial score (nSPS) is 12.9. The predicted molar refractivity (Wildman–Crippen MR) is 103 cm³/mol. The average molecular weight is 376 g/mol. The molecule has 9 nitrogen and oxygen atoms in total. The Bertz CT molecular complexity index is 658. The van der Waals surface area contributed by atoms with E-state index in [1.807, 2.05) is 13.8 Å². The number of amides is 2. The molecule has 0 fully saturated rings. The van der Waals surface area contributed by atoms with E-state index in [4.69, 9.17) is 17.2 Å². The van der Waals surface area contributed by atoms with Gasteiger partial charge in [-0.15, -0.1) is 0 Å². The van der Waals surface area contributed by atoms with Gasteiger partial charge in [-0.25, -0.2) is 0 Å². The number of imide groups is 1. The molecule has 0 unspecified atom stereocenters. The summed E-state index contributed by atoms with van der Waals surface area (Å²) in [6, 6.07) is 2.90. The van der Waals surface area contributed by atoms with Crippen LogP contribution in [0.1, 0.15) is 43.6 Å². The standard InChI is InChI=1S/C18H28N6O3/c1-12(2)10-14(19)16(26)24(17(27)15-7-3-4-8-22-15)13(11-25)6-5-9-23-18(20)21/h3-4,7-8,11-14H,5-6,9-10,19H2,1-2H3,(H4,20,21,23)/t13-,14-/m0/s1. The fourth-order valence-electron chi connectivity index (χ4n) is 2.58. The molecule has 9 heteroatoms. The molecule has 0 bridgehead atoms. The molecule has 2 amide bonds. The second-order valence-electron chi connectivity index (χ2n) is 6.62. The molecule has 2 atom stereocenters. The van der Waals surface area contributed by atoms with Crippen molar-refractivity contribution in [1.29, 1.82) is 0 Å². The zero-order chi connectivity index (χ0) is 20.4. The van der Waals surface area contributed by atoms with Gasteiger partial charge in [0.05, 0.1) is 12.1 Å². The van der Waals surface area contributed by atoms with E-state index in [-0.39, 0.29) is 30.5 Å². The third-order valence-electron chi connectivity index (χ3n) is 3.82. The Morgan fingerprint density at radius 1 is 1.30 bits per heavy atom. The van der Waals surface area contributed by atoms with Crippen molar-refractivity contribution in [2.75, 3.05) is 6.54 Å². The Hall–Kier alpha value is -2.81. The Morgan fingerprint density at radius 3 is 2.52 bits per heavy atom. The summed E-state index contributed by atoms with van der Waals surface area (Å²) in [7, 11) is 0. The zero-order valence-corrected chi connectivity index (χ0v) is 15.7. The summed E-state index contributed by atoms with van der Waals surface area (Å²) in [6.07, 6.45) is 3.04. The molecular formula is C18H28N6O3. The summed E-state index contributed by atoms with van der Waals surface area (Å²) in [5.74, 6) is -1.15. The molecule has 0 spiro atoms. The van der Waals surface area contributed by atoms with Crippen LogP contribution in [0.3, 0.4) is 0 Å². The first-order chi connectivity index (χ1) is 12.8. The number of hydrogen-bond donors (Lipinski definition) is 3. The number of aliphatic imine (C=N–C) groups is 1. The molecule has 148 valence electrons. The van der Waals surface area contributed by atoms with E-state index in [9.17, 15) is 14.4 Å². The van der Waals surface area contributed by atoms with E-state index in [1.54, 1.807) is 12.1 Å². The molecule has 0 aliphatic heterocycles. The SMILES string of the molecule is CC(C)C[C@H](N)C(=O)N(C(=O)c1ccccn1)[C@H](C=O)CCCN=C(N)N. The number of carbonyl (C=O) groups excluding carboxylic acids is 3. The fraction of sp³-hybridized carbons (Fsp3) is 0.500. The number of guanidine groups is 1. The summed E-state index contributed by atoms with van der Waals surface area (Å²) in [5, 5.41) is 0. The lowest BCUT2D eigenvalue weighted by atomic mass is 10.0. The number of aldehydes is 1. The van der Waals surface area contributed by atoms with E-state index in [2.05, 4.69) is 9.98 Å². The minimum atomic E-state index is -0.973. The van der Waals surface area contributed by atoms with Crippen molar-refractivity contribution in [3.05, 3.63) is 30.1 Å². The first kappa shape index (κ1) is 22.2. The Balaban J connectivity index is 3.07. The molecule has 0 radical (unpaired) electrons. The van der Waals surface area contributed by atoms with Crippen molar-refractivity contribution < 1.29 is 14.4 Å². The third-order valence-corrected chi connectivity index (χ3v) is 3.82. The van der Waals surface area contributed by atoms with Gasteiger partial charge in [0, 0.05) is 12.7 Å². The van der Waals surface area contributed by atoms with Crippen molar-refractivity contribution in [3.63, 3.8) is 0 Å². The van der Waals surface area contributed by atoms with Crippen LogP contribution in [0.4, 0.5) is 0 Å². The largest absolute Gasteiger partial charge is 0.370 e. The monoisotopic (exact) mass is 376 g/mol. The highest BCUT2D eigenvalue weighted by Crippen LogP contribution is 2.15. The van der Waals surface area contributed by atoms with Gasteiger partial charge in [0.2, 0.25) is 5.91 Å². The van der Waals surface area contributed by atoms with E-state index in [0.717, 1.165) is 4.90 Å². The van der Waals surface area contributed by atoms with Crippen LogP contribution in [-0.2, 0) is 9.59 Å². The van der Waals surface area contributed by atoms with Crippen molar-refractivity contribution in [2.45, 2.75) is 45.2 Å². The summed E-state index contributed by atoms with van der Waals surface area (Å²) < 4.78 is 0. The van der Waals surface area contributed by atoms with Gasteiger partial charge in [-0.3, -0.25) is 24.5 Å². The first-order valence-corrected chi connectivity index (χ1v) is 8.82. The second-order valence-corrected chi connectivity index (χ2v) is 6.62. The van der Waals surface area contributed by atoms with Crippen molar-refractivity contribution >= 4 is 24.1 Å². The minimum absolute atomic E-state index is 0.0610. The van der Waals surface area contributed by atoms with Gasteiger partial charge in [-0.2, -0.15) is 0 Å². The Kier molecular flexibility index (Phi) is 9.07. The van der Waals surface area contributed by atoms with Gasteiger partial charge in [0.1, 0.15) is 12.0 Å². The second kappa shape index (κ2) is 11.0. The van der Waals surface area contributed by atoms with Crippen LogP contribution in [-0.4, -0.2) is 52.6 Å². The smallest absolute Gasteiger partial charge is 0.279 e. The highest BCUT2D eigenvalue weighted by atomic mass is 16.2. The van der Waals surface area contributed by atoms with Crippen LogP contribution in [0, 0.1) is 5.92 Å². The molecule has 27 heavy (non-hydrogen) atoms. The highest BCUT2D eigenvalue weighted by molar-refractivity contribution is 6.06. The minimum Gasteiger partial charge on any atom is -0.370 e. The van der Waals surface area contributed by atoms with Crippen LogP contribution in [0.15, 0.2) is 29.4 Å². The van der Waals surface area contributed by atoms with Crippen LogP contribution < -0.4 is 17.2 Å². The average Bonchev–Trinajstić information content (AvgIpc) is 2.63. The number of pyridine rings is 1. The first-order valence-electron chi connectivity index (χ1n) is 8.82. The number of aromatic nitrogens is 1.